The standard InChI is InChI=1S/C15H21N3OS/c1-10(2)19-15-13(6-5-7-16-15)8-17-11(3)14-9-18-12(4)20-14/h5-7,9-11,17H,8H2,1-4H3/t11-/m1/s1. The van der Waals surface area contributed by atoms with Crippen LogP contribution in [0.15, 0.2) is 24.5 Å². The van der Waals surface area contributed by atoms with Crippen LogP contribution >= 0.6 is 11.3 Å². The molecule has 108 valence electrons. The molecule has 0 spiro atoms. The molecule has 4 nitrogen and oxygen atoms in total. The minimum Gasteiger partial charge on any atom is -0.475 e. The van der Waals surface area contributed by atoms with Crippen LogP contribution in [-0.4, -0.2) is 16.1 Å². The minimum absolute atomic E-state index is 0.130. The van der Waals surface area contributed by atoms with Crippen molar-refractivity contribution in [2.75, 3.05) is 0 Å². The average molecular weight is 291 g/mol. The molecule has 0 bridgehead atoms. The zero-order chi connectivity index (χ0) is 14.5. The first-order valence-electron chi connectivity index (χ1n) is 6.82. The van der Waals surface area contributed by atoms with E-state index < -0.39 is 0 Å². The zero-order valence-electron chi connectivity index (χ0n) is 12.4. The molecule has 5 heteroatoms. The highest BCUT2D eigenvalue weighted by Crippen LogP contribution is 2.21. The summed E-state index contributed by atoms with van der Waals surface area (Å²) in [6.07, 6.45) is 3.83. The third-order valence-electron chi connectivity index (χ3n) is 2.86. The monoisotopic (exact) mass is 291 g/mol. The molecule has 20 heavy (non-hydrogen) atoms. The van der Waals surface area contributed by atoms with Crippen LogP contribution in [0.2, 0.25) is 0 Å². The van der Waals surface area contributed by atoms with E-state index in [4.69, 9.17) is 4.74 Å². The van der Waals surface area contributed by atoms with E-state index in [0.29, 0.717) is 5.88 Å². The van der Waals surface area contributed by atoms with E-state index in [1.54, 1.807) is 17.5 Å². The van der Waals surface area contributed by atoms with E-state index in [-0.39, 0.29) is 12.1 Å². The van der Waals surface area contributed by atoms with Gasteiger partial charge in [0.2, 0.25) is 5.88 Å². The Morgan fingerprint density at radius 1 is 1.30 bits per heavy atom. The molecular weight excluding hydrogens is 270 g/mol. The molecular formula is C15H21N3OS. The van der Waals surface area contributed by atoms with Crippen molar-refractivity contribution in [3.05, 3.63) is 40.0 Å². The van der Waals surface area contributed by atoms with Gasteiger partial charge in [0.25, 0.3) is 0 Å². The quantitative estimate of drug-likeness (QED) is 0.885. The van der Waals surface area contributed by atoms with Gasteiger partial charge in [-0.05, 0) is 33.8 Å². The van der Waals surface area contributed by atoms with Gasteiger partial charge in [0.05, 0.1) is 11.1 Å². The van der Waals surface area contributed by atoms with Crippen LogP contribution in [0.25, 0.3) is 0 Å². The molecule has 2 heterocycles. The van der Waals surface area contributed by atoms with Gasteiger partial charge in [-0.15, -0.1) is 11.3 Å². The molecule has 0 fully saturated rings. The van der Waals surface area contributed by atoms with Gasteiger partial charge in [0.15, 0.2) is 0 Å². The first-order chi connectivity index (χ1) is 9.56. The van der Waals surface area contributed by atoms with E-state index in [1.807, 2.05) is 39.1 Å². The van der Waals surface area contributed by atoms with Crippen molar-refractivity contribution >= 4 is 11.3 Å². The maximum absolute atomic E-state index is 5.73. The number of ether oxygens (including phenoxy) is 1. The number of hydrogen-bond donors (Lipinski definition) is 1. The maximum Gasteiger partial charge on any atom is 0.218 e. The molecule has 0 aliphatic heterocycles. The average Bonchev–Trinajstić information content (AvgIpc) is 2.83. The summed E-state index contributed by atoms with van der Waals surface area (Å²) in [5.74, 6) is 0.711. The molecule has 2 aromatic heterocycles. The molecule has 0 unspecified atom stereocenters. The SMILES string of the molecule is Cc1ncc([C@@H](C)NCc2cccnc2OC(C)C)s1. The Morgan fingerprint density at radius 3 is 2.75 bits per heavy atom. The normalized spacial score (nSPS) is 12.7. The number of nitrogens with one attached hydrogen (secondary N) is 1. The van der Waals surface area contributed by atoms with E-state index in [9.17, 15) is 0 Å². The number of aryl methyl sites for hydroxylation is 1. The zero-order valence-corrected chi connectivity index (χ0v) is 13.2. The second kappa shape index (κ2) is 6.81. The summed E-state index contributed by atoms with van der Waals surface area (Å²) in [4.78, 5) is 9.84. The van der Waals surface area contributed by atoms with Gasteiger partial charge in [0, 0.05) is 35.4 Å². The Hall–Kier alpha value is -1.46. The van der Waals surface area contributed by atoms with Gasteiger partial charge in [0.1, 0.15) is 0 Å². The Morgan fingerprint density at radius 2 is 2.10 bits per heavy atom. The van der Waals surface area contributed by atoms with E-state index in [1.165, 1.54) is 4.88 Å². The van der Waals surface area contributed by atoms with E-state index in [2.05, 4.69) is 22.2 Å². The van der Waals surface area contributed by atoms with Gasteiger partial charge >= 0.3 is 0 Å². The summed E-state index contributed by atoms with van der Waals surface area (Å²) in [5.41, 5.74) is 1.08. The smallest absolute Gasteiger partial charge is 0.218 e. The summed E-state index contributed by atoms with van der Waals surface area (Å²) in [5, 5.41) is 4.59. The fourth-order valence-corrected chi connectivity index (χ4v) is 2.64. The van der Waals surface area contributed by atoms with Crippen LogP contribution in [0.1, 0.15) is 42.3 Å². The molecule has 0 saturated carbocycles. The molecule has 0 aliphatic rings. The van der Waals surface area contributed by atoms with Crippen LogP contribution in [0.3, 0.4) is 0 Å². The molecule has 0 amide bonds. The molecule has 0 aliphatic carbocycles. The Bertz CT molecular complexity index is 554. The first-order valence-corrected chi connectivity index (χ1v) is 7.64. The summed E-state index contributed by atoms with van der Waals surface area (Å²) in [6.45, 7) is 8.92. The molecule has 2 aromatic rings. The number of pyridine rings is 1. The number of rotatable bonds is 6. The molecule has 1 N–H and O–H groups in total. The number of aromatic nitrogens is 2. The van der Waals surface area contributed by atoms with Crippen molar-refractivity contribution in [3.63, 3.8) is 0 Å². The van der Waals surface area contributed by atoms with Gasteiger partial charge in [-0.2, -0.15) is 0 Å². The summed E-state index contributed by atoms with van der Waals surface area (Å²) < 4.78 is 5.73. The third-order valence-corrected chi connectivity index (χ3v) is 3.96. The topological polar surface area (TPSA) is 47.0 Å². The summed E-state index contributed by atoms with van der Waals surface area (Å²) in [7, 11) is 0. The highest BCUT2D eigenvalue weighted by Gasteiger charge is 2.11. The lowest BCUT2D eigenvalue weighted by atomic mass is 10.2. The number of nitrogens with zero attached hydrogens (tertiary/aromatic N) is 2. The van der Waals surface area contributed by atoms with Crippen LogP contribution < -0.4 is 10.1 Å². The summed E-state index contributed by atoms with van der Waals surface area (Å²) >= 11 is 1.73. The van der Waals surface area contributed by atoms with Crippen LogP contribution in [0.5, 0.6) is 5.88 Å². The van der Waals surface area contributed by atoms with Crippen molar-refractivity contribution in [1.29, 1.82) is 0 Å². The lowest BCUT2D eigenvalue weighted by Crippen LogP contribution is -2.19. The number of hydrogen-bond acceptors (Lipinski definition) is 5. The van der Waals surface area contributed by atoms with E-state index >= 15 is 0 Å². The first kappa shape index (κ1) is 14.9. The predicted molar refractivity (Wildman–Crippen MR) is 82.1 cm³/mol. The maximum atomic E-state index is 5.73. The highest BCUT2D eigenvalue weighted by atomic mass is 32.1. The van der Waals surface area contributed by atoms with Crippen LogP contribution in [-0.2, 0) is 6.54 Å². The van der Waals surface area contributed by atoms with Gasteiger partial charge in [-0.25, -0.2) is 9.97 Å². The van der Waals surface area contributed by atoms with Gasteiger partial charge in [-0.1, -0.05) is 6.07 Å². The molecule has 0 aromatic carbocycles. The van der Waals surface area contributed by atoms with Crippen molar-refractivity contribution in [2.24, 2.45) is 0 Å². The second-order valence-electron chi connectivity index (χ2n) is 5.02. The molecule has 0 saturated heterocycles. The Kier molecular flexibility index (Phi) is 5.09. The highest BCUT2D eigenvalue weighted by molar-refractivity contribution is 7.11. The van der Waals surface area contributed by atoms with Crippen molar-refractivity contribution in [2.45, 2.75) is 46.4 Å². The summed E-state index contributed by atoms with van der Waals surface area (Å²) in [6, 6.07) is 4.25. The predicted octanol–water partition coefficient (Wildman–Crippen LogP) is 3.48. The Labute approximate surface area is 124 Å². The second-order valence-corrected chi connectivity index (χ2v) is 6.28. The largest absolute Gasteiger partial charge is 0.475 e. The van der Waals surface area contributed by atoms with Crippen molar-refractivity contribution in [3.8, 4) is 5.88 Å². The van der Waals surface area contributed by atoms with E-state index in [0.717, 1.165) is 17.1 Å². The van der Waals surface area contributed by atoms with Crippen LogP contribution in [0, 0.1) is 6.92 Å². The fraction of sp³-hybridized carbons (Fsp3) is 0.467. The fourth-order valence-electron chi connectivity index (χ4n) is 1.83. The van der Waals surface area contributed by atoms with Crippen molar-refractivity contribution < 1.29 is 4.74 Å². The molecule has 1 atom stereocenters. The molecule has 2 rings (SSSR count). The van der Waals surface area contributed by atoms with Gasteiger partial charge in [-0.3, -0.25) is 0 Å². The van der Waals surface area contributed by atoms with Gasteiger partial charge < -0.3 is 10.1 Å². The van der Waals surface area contributed by atoms with Crippen molar-refractivity contribution in [1.82, 2.24) is 15.3 Å². The molecule has 0 radical (unpaired) electrons. The van der Waals surface area contributed by atoms with Crippen LogP contribution in [0.4, 0.5) is 0 Å². The lowest BCUT2D eigenvalue weighted by molar-refractivity contribution is 0.229. The Balaban J connectivity index is 2.00. The number of thiazole rings is 1. The lowest BCUT2D eigenvalue weighted by Gasteiger charge is -2.15. The minimum atomic E-state index is 0.130. The third kappa shape index (κ3) is 4.02.